The van der Waals surface area contributed by atoms with Crippen molar-refractivity contribution in [1.29, 1.82) is 0 Å². The van der Waals surface area contributed by atoms with Gasteiger partial charge in [-0.1, -0.05) is 0 Å². The summed E-state index contributed by atoms with van der Waals surface area (Å²) in [5, 5.41) is 9.46. The number of methoxy groups -OCH3 is 2. The molecule has 0 aromatic rings. The maximum absolute atomic E-state index is 11.5. The Morgan fingerprint density at radius 3 is 1.78 bits per heavy atom. The molecule has 108 valence electrons. The van der Waals surface area contributed by atoms with Gasteiger partial charge in [-0.2, -0.15) is 12.6 Å². The van der Waals surface area contributed by atoms with Gasteiger partial charge in [0.25, 0.3) is 0 Å². The van der Waals surface area contributed by atoms with Crippen molar-refractivity contribution in [1.82, 2.24) is 0 Å². The quantitative estimate of drug-likeness (QED) is 0.603. The molecule has 0 aliphatic carbocycles. The summed E-state index contributed by atoms with van der Waals surface area (Å²) in [5.41, 5.74) is -0.775. The topological polar surface area (TPSA) is 55.8 Å². The molecule has 5 heteroatoms. The molecular weight excluding hydrogens is 252 g/mol. The fourth-order valence-electron chi connectivity index (χ4n) is 1.76. The molecule has 1 N–H and O–H groups in total. The highest BCUT2D eigenvalue weighted by Crippen LogP contribution is 2.33. The molecule has 0 amide bonds. The van der Waals surface area contributed by atoms with Crippen LogP contribution in [0.5, 0.6) is 0 Å². The van der Waals surface area contributed by atoms with Gasteiger partial charge in [0, 0.05) is 20.0 Å². The van der Waals surface area contributed by atoms with Gasteiger partial charge in [0.1, 0.15) is 0 Å². The van der Waals surface area contributed by atoms with Crippen molar-refractivity contribution in [3.05, 3.63) is 0 Å². The van der Waals surface area contributed by atoms with Crippen molar-refractivity contribution in [3.8, 4) is 0 Å². The Morgan fingerprint density at radius 2 is 1.56 bits per heavy atom. The number of carboxylic acids is 1. The van der Waals surface area contributed by atoms with Crippen LogP contribution in [0, 0.1) is 5.41 Å². The Balaban J connectivity index is 4.56. The van der Waals surface area contributed by atoms with Crippen molar-refractivity contribution in [2.45, 2.75) is 51.7 Å². The minimum Gasteiger partial charge on any atom is -0.481 e. The highest BCUT2D eigenvalue weighted by Gasteiger charge is 2.37. The third-order valence-corrected chi connectivity index (χ3v) is 4.23. The van der Waals surface area contributed by atoms with Gasteiger partial charge in [0.2, 0.25) is 0 Å². The Hall–Kier alpha value is -0.260. The molecular formula is C13H26O4S. The van der Waals surface area contributed by atoms with Crippen LogP contribution in [0.25, 0.3) is 0 Å². The summed E-state index contributed by atoms with van der Waals surface area (Å²) in [6.07, 6.45) is 2.76. The number of carbonyl (C=O) groups is 1. The smallest absolute Gasteiger partial charge is 0.310 e. The van der Waals surface area contributed by atoms with E-state index in [-0.39, 0.29) is 12.2 Å². The van der Waals surface area contributed by atoms with Crippen LogP contribution < -0.4 is 0 Å². The second kappa shape index (κ2) is 8.77. The number of hydrogen-bond acceptors (Lipinski definition) is 4. The van der Waals surface area contributed by atoms with Gasteiger partial charge < -0.3 is 14.6 Å². The molecule has 0 aromatic heterocycles. The van der Waals surface area contributed by atoms with E-state index < -0.39 is 11.4 Å². The first-order chi connectivity index (χ1) is 8.41. The monoisotopic (exact) mass is 278 g/mol. The molecule has 0 saturated heterocycles. The first-order valence-electron chi connectivity index (χ1n) is 6.31. The molecule has 0 aliphatic heterocycles. The van der Waals surface area contributed by atoms with Crippen LogP contribution in [0.3, 0.4) is 0 Å². The van der Waals surface area contributed by atoms with Gasteiger partial charge in [0.15, 0.2) is 0 Å². The fraction of sp³-hybridized carbons (Fsp3) is 0.923. The van der Waals surface area contributed by atoms with E-state index in [9.17, 15) is 9.90 Å². The van der Waals surface area contributed by atoms with Crippen LogP contribution in [-0.4, -0.2) is 43.3 Å². The van der Waals surface area contributed by atoms with E-state index in [1.165, 1.54) is 0 Å². The summed E-state index contributed by atoms with van der Waals surface area (Å²) in [6.45, 7) is 3.89. The van der Waals surface area contributed by atoms with E-state index >= 15 is 0 Å². The Labute approximate surface area is 115 Å². The molecule has 2 atom stereocenters. The molecule has 0 rings (SSSR count). The van der Waals surface area contributed by atoms with Crippen molar-refractivity contribution in [2.75, 3.05) is 20.0 Å². The number of thiol groups is 1. The third kappa shape index (κ3) is 5.59. The van der Waals surface area contributed by atoms with E-state index in [2.05, 4.69) is 12.6 Å². The summed E-state index contributed by atoms with van der Waals surface area (Å²) >= 11 is 4.24. The molecule has 0 aliphatic rings. The lowest BCUT2D eigenvalue weighted by molar-refractivity contribution is -0.149. The second-order valence-electron chi connectivity index (χ2n) is 4.91. The predicted molar refractivity (Wildman–Crippen MR) is 75.3 cm³/mol. The Bertz CT molecular complexity index is 231. The summed E-state index contributed by atoms with van der Waals surface area (Å²) in [4.78, 5) is 11.5. The van der Waals surface area contributed by atoms with Gasteiger partial charge in [0.05, 0.1) is 17.6 Å². The molecule has 2 unspecified atom stereocenters. The molecule has 0 aromatic carbocycles. The van der Waals surface area contributed by atoms with Crippen molar-refractivity contribution >= 4 is 18.6 Å². The van der Waals surface area contributed by atoms with E-state index in [0.717, 1.165) is 12.8 Å². The van der Waals surface area contributed by atoms with E-state index in [0.29, 0.717) is 18.6 Å². The van der Waals surface area contributed by atoms with Crippen LogP contribution in [-0.2, 0) is 14.3 Å². The minimum absolute atomic E-state index is 0.0726. The lowest BCUT2D eigenvalue weighted by Gasteiger charge is -2.29. The molecule has 18 heavy (non-hydrogen) atoms. The van der Waals surface area contributed by atoms with Gasteiger partial charge in [-0.05, 0) is 39.5 Å². The first-order valence-corrected chi connectivity index (χ1v) is 6.95. The molecule has 0 bridgehead atoms. The van der Waals surface area contributed by atoms with Gasteiger partial charge in [-0.25, -0.2) is 0 Å². The van der Waals surface area contributed by atoms with Crippen molar-refractivity contribution in [2.24, 2.45) is 5.41 Å². The van der Waals surface area contributed by atoms with Gasteiger partial charge in [-0.15, -0.1) is 0 Å². The lowest BCUT2D eigenvalue weighted by Crippen LogP contribution is -2.35. The van der Waals surface area contributed by atoms with Crippen LogP contribution in [0.15, 0.2) is 0 Å². The summed E-state index contributed by atoms with van der Waals surface area (Å²) in [5.74, 6) is -0.432. The minimum atomic E-state index is -0.775. The van der Waals surface area contributed by atoms with Gasteiger partial charge >= 0.3 is 5.97 Å². The number of ether oxygens (including phenoxy) is 2. The first kappa shape index (κ1) is 17.7. The molecule has 4 nitrogen and oxygen atoms in total. The van der Waals surface area contributed by atoms with Gasteiger partial charge in [-0.3, -0.25) is 4.79 Å². The lowest BCUT2D eigenvalue weighted by atomic mass is 9.79. The van der Waals surface area contributed by atoms with E-state index in [1.807, 2.05) is 13.8 Å². The Kier molecular flexibility index (Phi) is 8.65. The zero-order valence-corrected chi connectivity index (χ0v) is 12.7. The average molecular weight is 278 g/mol. The van der Waals surface area contributed by atoms with E-state index in [1.54, 1.807) is 14.2 Å². The summed E-state index contributed by atoms with van der Waals surface area (Å²) < 4.78 is 10.3. The van der Waals surface area contributed by atoms with E-state index in [4.69, 9.17) is 9.47 Å². The fourth-order valence-corrected chi connectivity index (χ4v) is 2.21. The van der Waals surface area contributed by atoms with Crippen LogP contribution in [0.4, 0.5) is 0 Å². The summed E-state index contributed by atoms with van der Waals surface area (Å²) in [7, 11) is 3.28. The zero-order valence-electron chi connectivity index (χ0n) is 11.8. The second-order valence-corrected chi connectivity index (χ2v) is 5.23. The zero-order chi connectivity index (χ0) is 14.2. The molecule has 0 heterocycles. The Morgan fingerprint density at radius 1 is 1.17 bits per heavy atom. The summed E-state index contributed by atoms with van der Waals surface area (Å²) in [6, 6.07) is 0. The maximum Gasteiger partial charge on any atom is 0.310 e. The highest BCUT2D eigenvalue weighted by atomic mass is 32.1. The van der Waals surface area contributed by atoms with Crippen LogP contribution in [0.1, 0.15) is 39.5 Å². The molecule has 0 spiro atoms. The molecule has 0 radical (unpaired) electrons. The normalized spacial score (nSPS) is 18.1. The van der Waals surface area contributed by atoms with Crippen LogP contribution >= 0.6 is 12.6 Å². The SMILES string of the molecule is COC(C)CCC(CS)(CCC(C)OC)C(=O)O. The number of rotatable bonds is 10. The average Bonchev–Trinajstić information content (AvgIpc) is 2.38. The third-order valence-electron chi connectivity index (χ3n) is 3.62. The van der Waals surface area contributed by atoms with Crippen molar-refractivity contribution in [3.63, 3.8) is 0 Å². The highest BCUT2D eigenvalue weighted by molar-refractivity contribution is 7.80. The van der Waals surface area contributed by atoms with Crippen molar-refractivity contribution < 1.29 is 19.4 Å². The molecule has 0 fully saturated rings. The van der Waals surface area contributed by atoms with Crippen LogP contribution in [0.2, 0.25) is 0 Å². The number of carboxylic acid groups (broad SMARTS) is 1. The number of aliphatic carboxylic acids is 1. The number of hydrogen-bond donors (Lipinski definition) is 2. The maximum atomic E-state index is 11.5. The predicted octanol–water partition coefficient (Wildman–Crippen LogP) is 2.62. The molecule has 0 saturated carbocycles. The standard InChI is InChI=1S/C13H26O4S/c1-10(16-3)5-7-13(9-18,12(14)15)8-6-11(2)17-4/h10-11,18H,5-9H2,1-4H3,(H,14,15). The largest absolute Gasteiger partial charge is 0.481 e.